The predicted molar refractivity (Wildman–Crippen MR) is 112 cm³/mol. The highest BCUT2D eigenvalue weighted by atomic mass is 19.2. The van der Waals surface area contributed by atoms with Gasteiger partial charge >= 0.3 is 6.03 Å². The van der Waals surface area contributed by atoms with Gasteiger partial charge in [-0.2, -0.15) is 0 Å². The molecule has 1 aromatic heterocycles. The van der Waals surface area contributed by atoms with Crippen LogP contribution in [0, 0.1) is 11.6 Å². The van der Waals surface area contributed by atoms with Crippen molar-refractivity contribution in [3.8, 4) is 11.6 Å². The molecule has 4 rings (SSSR count). The molecule has 0 radical (unpaired) electrons. The number of piperazine rings is 1. The fraction of sp³-hybridized carbons (Fsp3) is 0.286. The van der Waals surface area contributed by atoms with Gasteiger partial charge in [0.05, 0.1) is 30.9 Å². The molecule has 1 saturated heterocycles. The zero-order chi connectivity index (χ0) is 22.0. The molecule has 0 spiro atoms. The summed E-state index contributed by atoms with van der Waals surface area (Å²) in [6.07, 6.45) is 0. The van der Waals surface area contributed by atoms with Crippen molar-refractivity contribution in [2.75, 3.05) is 50.6 Å². The van der Waals surface area contributed by atoms with Gasteiger partial charge in [0.25, 0.3) is 5.88 Å². The van der Waals surface area contributed by atoms with E-state index in [1.54, 1.807) is 12.0 Å². The highest BCUT2D eigenvalue weighted by Crippen LogP contribution is 2.29. The van der Waals surface area contributed by atoms with Gasteiger partial charge in [-0.3, -0.25) is 5.32 Å². The quantitative estimate of drug-likeness (QED) is 0.686. The summed E-state index contributed by atoms with van der Waals surface area (Å²) in [5, 5.41) is 2.66. The molecule has 2 amide bonds. The van der Waals surface area contributed by atoms with Crippen LogP contribution >= 0.6 is 0 Å². The Bertz CT molecular complexity index is 1120. The number of nitrogens with one attached hydrogen (secondary N) is 1. The molecule has 0 atom stereocenters. The smallest absolute Gasteiger partial charge is 0.323 e. The molecule has 1 N–H and O–H groups in total. The van der Waals surface area contributed by atoms with Crippen molar-refractivity contribution in [1.82, 2.24) is 14.9 Å². The van der Waals surface area contributed by atoms with Crippen LogP contribution in [-0.4, -0.2) is 61.3 Å². The first-order valence-corrected chi connectivity index (χ1v) is 9.65. The number of ether oxygens (including phenoxy) is 2. The Balaban J connectivity index is 1.47. The number of carbonyl (C=O) groups is 1. The van der Waals surface area contributed by atoms with Gasteiger partial charge in [0, 0.05) is 38.3 Å². The van der Waals surface area contributed by atoms with E-state index in [0.717, 1.165) is 23.6 Å². The summed E-state index contributed by atoms with van der Waals surface area (Å²) in [4.78, 5) is 24.9. The Morgan fingerprint density at radius 2 is 1.61 bits per heavy atom. The number of benzene rings is 2. The fourth-order valence-electron chi connectivity index (χ4n) is 3.48. The number of aromatic nitrogens is 2. The first-order chi connectivity index (χ1) is 15.0. The topological polar surface area (TPSA) is 79.8 Å². The summed E-state index contributed by atoms with van der Waals surface area (Å²) in [5.41, 5.74) is 1.21. The summed E-state index contributed by atoms with van der Waals surface area (Å²) in [5.74, 6) is -1.25. The summed E-state index contributed by atoms with van der Waals surface area (Å²) in [6, 6.07) is 9.21. The lowest BCUT2D eigenvalue weighted by Crippen LogP contribution is -2.50. The summed E-state index contributed by atoms with van der Waals surface area (Å²) >= 11 is 0. The van der Waals surface area contributed by atoms with Gasteiger partial charge < -0.3 is 19.3 Å². The Morgan fingerprint density at radius 3 is 2.26 bits per heavy atom. The monoisotopic (exact) mass is 429 g/mol. The zero-order valence-corrected chi connectivity index (χ0v) is 17.1. The van der Waals surface area contributed by atoms with Crippen LogP contribution in [0.15, 0.2) is 36.4 Å². The minimum Gasteiger partial charge on any atom is -0.495 e. The van der Waals surface area contributed by atoms with Crippen molar-refractivity contribution >= 4 is 28.6 Å². The molecule has 0 saturated carbocycles. The number of urea groups is 1. The molecule has 2 aromatic carbocycles. The van der Waals surface area contributed by atoms with Crippen LogP contribution in [0.25, 0.3) is 11.0 Å². The van der Waals surface area contributed by atoms with Crippen LogP contribution in [0.4, 0.5) is 25.1 Å². The Morgan fingerprint density at radius 1 is 0.968 bits per heavy atom. The third kappa shape index (κ3) is 4.14. The highest BCUT2D eigenvalue weighted by Gasteiger charge is 2.24. The molecule has 3 aromatic rings. The van der Waals surface area contributed by atoms with E-state index < -0.39 is 11.6 Å². The minimum absolute atomic E-state index is 0.0134. The third-order valence-corrected chi connectivity index (χ3v) is 5.09. The molecule has 1 aliphatic rings. The number of para-hydroxylation sites is 2. The normalized spacial score (nSPS) is 13.9. The number of anilines is 2. The van der Waals surface area contributed by atoms with Crippen molar-refractivity contribution in [3.05, 3.63) is 48.0 Å². The molecule has 0 bridgehead atoms. The van der Waals surface area contributed by atoms with E-state index >= 15 is 0 Å². The number of nitrogens with zero attached hydrogens (tertiary/aromatic N) is 4. The molecule has 2 heterocycles. The number of halogens is 2. The number of rotatable bonds is 4. The van der Waals surface area contributed by atoms with Crippen LogP contribution in [0.5, 0.6) is 11.6 Å². The van der Waals surface area contributed by atoms with Gasteiger partial charge in [-0.05, 0) is 12.1 Å². The molecule has 10 heteroatoms. The van der Waals surface area contributed by atoms with E-state index in [9.17, 15) is 13.6 Å². The van der Waals surface area contributed by atoms with E-state index in [-0.39, 0.29) is 28.8 Å². The maximum Gasteiger partial charge on any atom is 0.323 e. The van der Waals surface area contributed by atoms with Gasteiger partial charge in [-0.1, -0.05) is 12.1 Å². The SMILES string of the molecule is COc1ccccc1N1CCN(C(=O)Nc2nc3cc(F)c(F)cc3nc2OC)CC1. The average Bonchev–Trinajstić information content (AvgIpc) is 2.79. The van der Waals surface area contributed by atoms with E-state index in [1.807, 2.05) is 24.3 Å². The maximum absolute atomic E-state index is 13.6. The third-order valence-electron chi connectivity index (χ3n) is 5.09. The average molecular weight is 429 g/mol. The molecule has 1 aliphatic heterocycles. The minimum atomic E-state index is -1.04. The van der Waals surface area contributed by atoms with Crippen LogP contribution < -0.4 is 19.7 Å². The van der Waals surface area contributed by atoms with E-state index in [1.165, 1.54) is 7.11 Å². The van der Waals surface area contributed by atoms with Crippen LogP contribution in [0.2, 0.25) is 0 Å². The van der Waals surface area contributed by atoms with Crippen molar-refractivity contribution in [3.63, 3.8) is 0 Å². The Kier molecular flexibility index (Phi) is 5.70. The molecule has 0 aliphatic carbocycles. The van der Waals surface area contributed by atoms with Gasteiger partial charge in [0.2, 0.25) is 0 Å². The molecule has 31 heavy (non-hydrogen) atoms. The number of amides is 2. The highest BCUT2D eigenvalue weighted by molar-refractivity contribution is 5.91. The van der Waals surface area contributed by atoms with Crippen LogP contribution in [0.3, 0.4) is 0 Å². The van der Waals surface area contributed by atoms with Crippen molar-refractivity contribution in [1.29, 1.82) is 0 Å². The second-order valence-electron chi connectivity index (χ2n) is 6.91. The van der Waals surface area contributed by atoms with Crippen LogP contribution in [-0.2, 0) is 0 Å². The molecule has 8 nitrogen and oxygen atoms in total. The number of carbonyl (C=O) groups excluding carboxylic acids is 1. The van der Waals surface area contributed by atoms with Crippen LogP contribution in [0.1, 0.15) is 0 Å². The largest absolute Gasteiger partial charge is 0.495 e. The summed E-state index contributed by atoms with van der Waals surface area (Å²) in [6.45, 7) is 2.21. The first kappa shape index (κ1) is 20.6. The van der Waals surface area contributed by atoms with E-state index in [0.29, 0.717) is 26.2 Å². The second kappa shape index (κ2) is 8.58. The van der Waals surface area contributed by atoms with Crippen molar-refractivity contribution in [2.24, 2.45) is 0 Å². The van der Waals surface area contributed by atoms with E-state index in [4.69, 9.17) is 9.47 Å². The van der Waals surface area contributed by atoms with E-state index in [2.05, 4.69) is 20.2 Å². The molecule has 162 valence electrons. The van der Waals surface area contributed by atoms with Gasteiger partial charge in [-0.25, -0.2) is 23.5 Å². The summed E-state index contributed by atoms with van der Waals surface area (Å²) in [7, 11) is 2.98. The molecule has 1 fully saturated rings. The maximum atomic E-state index is 13.6. The predicted octanol–water partition coefficient (Wildman–Crippen LogP) is 3.28. The second-order valence-corrected chi connectivity index (χ2v) is 6.91. The van der Waals surface area contributed by atoms with Gasteiger partial charge in [0.1, 0.15) is 5.75 Å². The first-order valence-electron chi connectivity index (χ1n) is 9.65. The number of hydrogen-bond acceptors (Lipinski definition) is 6. The lowest BCUT2D eigenvalue weighted by molar-refractivity contribution is 0.208. The Labute approximate surface area is 177 Å². The van der Waals surface area contributed by atoms with Gasteiger partial charge in [0.15, 0.2) is 17.5 Å². The fourth-order valence-corrected chi connectivity index (χ4v) is 3.48. The number of hydrogen-bond donors (Lipinski definition) is 1. The standard InChI is InChI=1S/C21H21F2N5O3/c1-30-18-6-4-3-5-17(18)27-7-9-28(10-8-27)21(29)26-19-20(31-2)25-16-12-14(23)13(22)11-15(16)24-19/h3-6,11-12H,7-10H2,1-2H3,(H,24,26,29). The van der Waals surface area contributed by atoms with Gasteiger partial charge in [-0.15, -0.1) is 0 Å². The lowest BCUT2D eigenvalue weighted by Gasteiger charge is -2.36. The molecule has 0 unspecified atom stereocenters. The van der Waals surface area contributed by atoms with Crippen molar-refractivity contribution in [2.45, 2.75) is 0 Å². The molecular weight excluding hydrogens is 408 g/mol. The molecular formula is C21H21F2N5O3. The number of methoxy groups -OCH3 is 2. The zero-order valence-electron chi connectivity index (χ0n) is 17.1. The Hall–Kier alpha value is -3.69. The lowest BCUT2D eigenvalue weighted by atomic mass is 10.2. The summed E-state index contributed by atoms with van der Waals surface area (Å²) < 4.78 is 37.6. The number of fused-ring (bicyclic) bond motifs is 1. The van der Waals surface area contributed by atoms with Crippen molar-refractivity contribution < 1.29 is 23.0 Å².